The average molecular weight is 457 g/mol. The average Bonchev–Trinajstić information content (AvgIpc) is 3.53. The van der Waals surface area contributed by atoms with Gasteiger partial charge in [-0.05, 0) is 31.6 Å². The highest BCUT2D eigenvalue weighted by atomic mass is 19.4. The normalized spacial score (nSPS) is 22.7. The molecule has 2 amide bonds. The number of halogens is 4. The number of nitrogens with two attached hydrogens (primary N) is 1. The lowest BCUT2D eigenvalue weighted by atomic mass is 10.0. The molecule has 1 aliphatic carbocycles. The van der Waals surface area contributed by atoms with Crippen molar-refractivity contribution in [3.63, 3.8) is 0 Å². The van der Waals surface area contributed by atoms with Crippen LogP contribution in [0.4, 0.5) is 17.6 Å². The molecule has 0 radical (unpaired) electrons. The van der Waals surface area contributed by atoms with E-state index in [0.717, 1.165) is 12.8 Å². The van der Waals surface area contributed by atoms with Crippen molar-refractivity contribution in [2.24, 2.45) is 11.7 Å². The van der Waals surface area contributed by atoms with Crippen molar-refractivity contribution >= 4 is 11.8 Å². The maximum atomic E-state index is 13.6. The zero-order chi connectivity index (χ0) is 23.0. The number of rotatable bonds is 6. The third-order valence-corrected chi connectivity index (χ3v) is 6.24. The number of carbonyl (C=O) groups is 2. The van der Waals surface area contributed by atoms with Crippen LogP contribution >= 0.6 is 0 Å². The molecule has 32 heavy (non-hydrogen) atoms. The minimum Gasteiger partial charge on any atom is -0.338 e. The van der Waals surface area contributed by atoms with Crippen molar-refractivity contribution in [3.05, 3.63) is 22.8 Å². The predicted molar refractivity (Wildman–Crippen MR) is 106 cm³/mol. The Kier molecular flexibility index (Phi) is 6.37. The Morgan fingerprint density at radius 3 is 2.62 bits per heavy atom. The summed E-state index contributed by atoms with van der Waals surface area (Å²) in [6.45, 7) is 0.127. The molecule has 2 aliphatic heterocycles. The van der Waals surface area contributed by atoms with Crippen LogP contribution in [0.25, 0.3) is 0 Å². The number of hydrogen-bond donors (Lipinski definition) is 1. The number of nitrogens with zero attached hydrogens (tertiary/aromatic N) is 4. The summed E-state index contributed by atoms with van der Waals surface area (Å²) in [4.78, 5) is 35.6. The van der Waals surface area contributed by atoms with Gasteiger partial charge in [-0.1, -0.05) is 0 Å². The topological polar surface area (TPSA) is 92.4 Å². The maximum absolute atomic E-state index is 13.6. The summed E-state index contributed by atoms with van der Waals surface area (Å²) in [5, 5.41) is 0. The first-order valence-electron chi connectivity index (χ1n) is 11.0. The fourth-order valence-electron chi connectivity index (χ4n) is 4.35. The molecular weight excluding hydrogens is 430 g/mol. The van der Waals surface area contributed by atoms with E-state index < -0.39 is 24.1 Å². The van der Waals surface area contributed by atoms with Crippen LogP contribution in [0.5, 0.6) is 0 Å². The minimum absolute atomic E-state index is 0.0169. The summed E-state index contributed by atoms with van der Waals surface area (Å²) >= 11 is 0. The zero-order valence-electron chi connectivity index (χ0n) is 17.7. The van der Waals surface area contributed by atoms with Gasteiger partial charge in [-0.2, -0.15) is 13.2 Å². The van der Waals surface area contributed by atoms with Gasteiger partial charge in [-0.3, -0.25) is 9.59 Å². The van der Waals surface area contributed by atoms with Crippen LogP contribution in [-0.2, 0) is 35.2 Å². The van der Waals surface area contributed by atoms with Gasteiger partial charge in [0, 0.05) is 44.0 Å². The van der Waals surface area contributed by atoms with Crippen LogP contribution in [0.1, 0.15) is 54.9 Å². The summed E-state index contributed by atoms with van der Waals surface area (Å²) in [6.07, 6.45) is -3.08. The molecule has 2 N–H and O–H groups in total. The molecule has 11 heteroatoms. The number of aromatic nitrogens is 2. The van der Waals surface area contributed by atoms with Gasteiger partial charge in [-0.25, -0.2) is 14.4 Å². The third-order valence-electron chi connectivity index (χ3n) is 6.24. The van der Waals surface area contributed by atoms with Gasteiger partial charge in [0.05, 0.1) is 18.8 Å². The Morgan fingerprint density at radius 2 is 1.94 bits per heavy atom. The largest absolute Gasteiger partial charge is 0.433 e. The van der Waals surface area contributed by atoms with Crippen LogP contribution in [0.3, 0.4) is 0 Å². The highest BCUT2D eigenvalue weighted by molar-refractivity contribution is 5.78. The van der Waals surface area contributed by atoms with Crippen molar-refractivity contribution in [1.82, 2.24) is 19.8 Å². The lowest BCUT2D eigenvalue weighted by Crippen LogP contribution is -2.48. The lowest BCUT2D eigenvalue weighted by Gasteiger charge is -2.33. The van der Waals surface area contributed by atoms with Gasteiger partial charge >= 0.3 is 6.18 Å². The second-order valence-corrected chi connectivity index (χ2v) is 9.02. The Morgan fingerprint density at radius 1 is 1.19 bits per heavy atom. The first kappa shape index (κ1) is 22.9. The molecule has 1 unspecified atom stereocenters. The number of piperidine rings is 1. The number of fused-ring (bicyclic) bond motifs is 1. The maximum Gasteiger partial charge on any atom is 0.433 e. The quantitative estimate of drug-likeness (QED) is 0.660. The first-order chi connectivity index (χ1) is 15.1. The molecule has 1 saturated carbocycles. The van der Waals surface area contributed by atoms with Gasteiger partial charge < -0.3 is 15.5 Å². The first-order valence-corrected chi connectivity index (χ1v) is 11.0. The zero-order valence-corrected chi connectivity index (χ0v) is 17.7. The van der Waals surface area contributed by atoms with Crippen LogP contribution in [0, 0.1) is 5.92 Å². The predicted octanol–water partition coefficient (Wildman–Crippen LogP) is 2.01. The molecule has 3 heterocycles. The summed E-state index contributed by atoms with van der Waals surface area (Å²) in [7, 11) is 0. The van der Waals surface area contributed by atoms with Crippen molar-refractivity contribution in [2.75, 3.05) is 19.6 Å². The molecular formula is C21H27F4N5O2. The van der Waals surface area contributed by atoms with Crippen molar-refractivity contribution in [3.8, 4) is 0 Å². The molecule has 2 fully saturated rings. The Bertz CT molecular complexity index is 890. The van der Waals surface area contributed by atoms with E-state index in [2.05, 4.69) is 9.97 Å². The second-order valence-electron chi connectivity index (χ2n) is 9.02. The van der Waals surface area contributed by atoms with Gasteiger partial charge in [0.15, 0.2) is 5.69 Å². The summed E-state index contributed by atoms with van der Waals surface area (Å²) in [5.41, 5.74) is 5.44. The Hall–Kier alpha value is -2.30. The van der Waals surface area contributed by atoms with Crippen LogP contribution in [-0.4, -0.2) is 63.4 Å². The molecule has 1 saturated heterocycles. The van der Waals surface area contributed by atoms with Crippen LogP contribution in [0.2, 0.25) is 0 Å². The molecule has 0 aromatic carbocycles. The van der Waals surface area contributed by atoms with Gasteiger partial charge in [0.25, 0.3) is 0 Å². The van der Waals surface area contributed by atoms with Crippen LogP contribution in [0.15, 0.2) is 0 Å². The molecule has 0 bridgehead atoms. The van der Waals surface area contributed by atoms with Crippen molar-refractivity contribution in [2.45, 2.75) is 69.9 Å². The molecule has 7 nitrogen and oxygen atoms in total. The third kappa shape index (κ3) is 5.36. The number of hydrogen-bond acceptors (Lipinski definition) is 5. The molecule has 4 rings (SSSR count). The molecule has 0 spiro atoms. The van der Waals surface area contributed by atoms with E-state index in [0.29, 0.717) is 12.3 Å². The standard InChI is InChI=1S/C21H27F4N5O2/c22-13-3-4-18(31)30(9-13)10-14(26)8-19(32)29-6-5-15-16(11-29)27-17(7-12-1-2-12)28-20(15)21(23,24)25/h12-14H,1-11,26H2/t13?,14-/m0/s1. The van der Waals surface area contributed by atoms with Crippen molar-refractivity contribution in [1.29, 1.82) is 0 Å². The number of amides is 2. The van der Waals surface area contributed by atoms with E-state index in [1.807, 2.05) is 0 Å². The van der Waals surface area contributed by atoms with E-state index in [4.69, 9.17) is 5.73 Å². The van der Waals surface area contributed by atoms with Gasteiger partial charge in [-0.15, -0.1) is 0 Å². The van der Waals surface area contributed by atoms with E-state index in [1.54, 1.807) is 0 Å². The van der Waals surface area contributed by atoms with Gasteiger partial charge in [0.1, 0.15) is 12.0 Å². The van der Waals surface area contributed by atoms with Crippen LogP contribution < -0.4 is 5.73 Å². The van der Waals surface area contributed by atoms with Gasteiger partial charge in [0.2, 0.25) is 11.8 Å². The SMILES string of the molecule is N[C@@H](CC(=O)N1CCc2c(nc(CC3CC3)nc2C(F)(F)F)C1)CN1CC(F)CCC1=O. The summed E-state index contributed by atoms with van der Waals surface area (Å²) in [5.74, 6) is -0.00238. The fraction of sp³-hybridized carbons (Fsp3) is 0.714. The Balaban J connectivity index is 1.42. The molecule has 1 aromatic rings. The lowest BCUT2D eigenvalue weighted by molar-refractivity contribution is -0.142. The summed E-state index contributed by atoms with van der Waals surface area (Å²) < 4.78 is 54.3. The number of alkyl halides is 4. The highest BCUT2D eigenvalue weighted by Crippen LogP contribution is 2.36. The minimum atomic E-state index is -4.57. The van der Waals surface area contributed by atoms with E-state index in [9.17, 15) is 27.2 Å². The molecule has 176 valence electrons. The Labute approximate surface area is 183 Å². The number of carbonyl (C=O) groups excluding carboxylic acids is 2. The van der Waals surface area contributed by atoms with E-state index in [-0.39, 0.29) is 80.8 Å². The molecule has 2 atom stereocenters. The van der Waals surface area contributed by atoms with E-state index in [1.165, 1.54) is 9.80 Å². The molecule has 1 aromatic heterocycles. The number of likely N-dealkylation sites (tertiary alicyclic amines) is 1. The van der Waals surface area contributed by atoms with Crippen molar-refractivity contribution < 1.29 is 27.2 Å². The highest BCUT2D eigenvalue weighted by Gasteiger charge is 2.40. The smallest absolute Gasteiger partial charge is 0.338 e. The van der Waals surface area contributed by atoms with E-state index >= 15 is 0 Å². The monoisotopic (exact) mass is 457 g/mol. The fourth-order valence-corrected chi connectivity index (χ4v) is 4.35. The summed E-state index contributed by atoms with van der Waals surface area (Å²) in [6, 6.07) is -0.681. The molecule has 3 aliphatic rings. The second kappa shape index (κ2) is 8.92.